The molecule has 15 heavy (non-hydrogen) atoms. The highest BCUT2D eigenvalue weighted by Crippen LogP contribution is 2.38. The molecule has 0 fully saturated rings. The van der Waals surface area contributed by atoms with Crippen molar-refractivity contribution in [3.63, 3.8) is 0 Å². The van der Waals surface area contributed by atoms with Crippen molar-refractivity contribution in [1.82, 2.24) is 4.57 Å². The average Bonchev–Trinajstić information content (AvgIpc) is 2.70. The zero-order chi connectivity index (χ0) is 10.6. The summed E-state index contributed by atoms with van der Waals surface area (Å²) in [6.07, 6.45) is 2.06. The molecule has 1 aliphatic carbocycles. The Bertz CT molecular complexity index is 542. The Morgan fingerprint density at radius 1 is 1.47 bits per heavy atom. The smallest absolute Gasteiger partial charge is 0.116 e. The maximum atomic E-state index is 9.51. The summed E-state index contributed by atoms with van der Waals surface area (Å²) in [5, 5.41) is 10.6. The Hall–Kier alpha value is -1.48. The van der Waals surface area contributed by atoms with Gasteiger partial charge >= 0.3 is 0 Å². The first-order valence-corrected chi connectivity index (χ1v) is 5.24. The Balaban J connectivity index is 2.44. The number of fused-ring (bicyclic) bond motifs is 3. The molecule has 0 aliphatic heterocycles. The van der Waals surface area contributed by atoms with Crippen LogP contribution in [0.1, 0.15) is 23.7 Å². The van der Waals surface area contributed by atoms with Gasteiger partial charge in [0.25, 0.3) is 0 Å². The number of aromatic hydroxyl groups is 1. The number of nitrogens with two attached hydrogens (primary N) is 1. The number of phenolic OH excluding ortho intramolecular Hbond substituents is 1. The first kappa shape index (κ1) is 8.80. The lowest BCUT2D eigenvalue weighted by molar-refractivity contribution is 0.476. The van der Waals surface area contributed by atoms with Gasteiger partial charge in [0.05, 0.1) is 0 Å². The molecule has 3 heteroatoms. The lowest BCUT2D eigenvalue weighted by Crippen LogP contribution is -2.04. The second kappa shape index (κ2) is 2.76. The fourth-order valence-electron chi connectivity index (χ4n) is 2.67. The van der Waals surface area contributed by atoms with Gasteiger partial charge in [0.1, 0.15) is 5.75 Å². The molecule has 1 heterocycles. The molecular weight excluding hydrogens is 188 g/mol. The number of hydrogen-bond acceptors (Lipinski definition) is 2. The van der Waals surface area contributed by atoms with Gasteiger partial charge in [0.2, 0.25) is 0 Å². The van der Waals surface area contributed by atoms with E-state index >= 15 is 0 Å². The zero-order valence-electron chi connectivity index (χ0n) is 8.70. The highest BCUT2D eigenvalue weighted by molar-refractivity contribution is 5.87. The molecular formula is C12H14N2O. The topological polar surface area (TPSA) is 51.2 Å². The van der Waals surface area contributed by atoms with Crippen LogP contribution in [0.15, 0.2) is 18.2 Å². The van der Waals surface area contributed by atoms with E-state index in [2.05, 4.69) is 11.6 Å². The van der Waals surface area contributed by atoms with Crippen LogP contribution in [0.5, 0.6) is 5.75 Å². The van der Waals surface area contributed by atoms with Crippen molar-refractivity contribution in [3.05, 3.63) is 29.5 Å². The standard InChI is InChI=1S/C12H14N2O/c1-14-10-4-2-7(15)6-8(10)12-9(13)3-5-11(12)14/h2,4,6,9,15H,3,5,13H2,1H3. The van der Waals surface area contributed by atoms with Crippen molar-refractivity contribution < 1.29 is 5.11 Å². The number of phenols is 1. The number of nitrogens with zero attached hydrogens (tertiary/aromatic N) is 1. The van der Waals surface area contributed by atoms with E-state index in [1.165, 1.54) is 11.3 Å². The van der Waals surface area contributed by atoms with E-state index in [1.54, 1.807) is 6.07 Å². The molecule has 1 atom stereocenters. The van der Waals surface area contributed by atoms with Crippen LogP contribution < -0.4 is 5.73 Å². The first-order valence-electron chi connectivity index (χ1n) is 5.24. The van der Waals surface area contributed by atoms with Gasteiger partial charge in [-0.1, -0.05) is 0 Å². The fourth-order valence-corrected chi connectivity index (χ4v) is 2.67. The van der Waals surface area contributed by atoms with Crippen LogP contribution in [0.4, 0.5) is 0 Å². The maximum Gasteiger partial charge on any atom is 0.116 e. The van der Waals surface area contributed by atoms with Gasteiger partial charge in [-0.15, -0.1) is 0 Å². The number of aryl methyl sites for hydroxylation is 1. The van der Waals surface area contributed by atoms with Gasteiger partial charge in [0.15, 0.2) is 0 Å². The molecule has 0 amide bonds. The first-order chi connectivity index (χ1) is 7.18. The summed E-state index contributed by atoms with van der Waals surface area (Å²) in [6.45, 7) is 0. The number of hydrogen-bond donors (Lipinski definition) is 2. The third-order valence-corrected chi connectivity index (χ3v) is 3.41. The van der Waals surface area contributed by atoms with Crippen LogP contribution in [0.2, 0.25) is 0 Å². The fraction of sp³-hybridized carbons (Fsp3) is 0.333. The second-order valence-electron chi connectivity index (χ2n) is 4.27. The van der Waals surface area contributed by atoms with Crippen LogP contribution in [0.3, 0.4) is 0 Å². The van der Waals surface area contributed by atoms with Crippen molar-refractivity contribution in [3.8, 4) is 5.75 Å². The Morgan fingerprint density at radius 3 is 3.07 bits per heavy atom. The maximum absolute atomic E-state index is 9.51. The van der Waals surface area contributed by atoms with E-state index in [0.29, 0.717) is 5.75 Å². The van der Waals surface area contributed by atoms with Gasteiger partial charge in [-0.2, -0.15) is 0 Å². The summed E-state index contributed by atoms with van der Waals surface area (Å²) in [4.78, 5) is 0. The minimum Gasteiger partial charge on any atom is -0.508 e. The van der Waals surface area contributed by atoms with E-state index in [0.717, 1.165) is 23.7 Å². The Morgan fingerprint density at radius 2 is 2.27 bits per heavy atom. The third kappa shape index (κ3) is 1.04. The summed E-state index contributed by atoms with van der Waals surface area (Å²) < 4.78 is 2.19. The SMILES string of the molecule is Cn1c2c(c3cc(O)ccc31)C(N)CC2. The molecule has 1 aliphatic rings. The zero-order valence-corrected chi connectivity index (χ0v) is 8.70. The van der Waals surface area contributed by atoms with Crippen molar-refractivity contribution >= 4 is 10.9 Å². The molecule has 1 aromatic heterocycles. The molecule has 78 valence electrons. The minimum atomic E-state index is 0.130. The second-order valence-corrected chi connectivity index (χ2v) is 4.27. The summed E-state index contributed by atoms with van der Waals surface area (Å²) in [5.41, 5.74) is 9.79. The normalized spacial score (nSPS) is 19.7. The van der Waals surface area contributed by atoms with E-state index in [9.17, 15) is 5.11 Å². The minimum absolute atomic E-state index is 0.130. The third-order valence-electron chi connectivity index (χ3n) is 3.41. The Labute approximate surface area is 88.1 Å². The predicted octanol–water partition coefficient (Wildman–Crippen LogP) is 1.83. The van der Waals surface area contributed by atoms with E-state index in [4.69, 9.17) is 5.73 Å². The van der Waals surface area contributed by atoms with Crippen LogP contribution in [-0.4, -0.2) is 9.67 Å². The van der Waals surface area contributed by atoms with Crippen molar-refractivity contribution in [2.75, 3.05) is 0 Å². The van der Waals surface area contributed by atoms with Crippen LogP contribution in [0.25, 0.3) is 10.9 Å². The van der Waals surface area contributed by atoms with Crippen molar-refractivity contribution in [1.29, 1.82) is 0 Å². The van der Waals surface area contributed by atoms with Crippen LogP contribution >= 0.6 is 0 Å². The summed E-state index contributed by atoms with van der Waals surface area (Å²) in [5.74, 6) is 0.315. The summed E-state index contributed by atoms with van der Waals surface area (Å²) >= 11 is 0. The van der Waals surface area contributed by atoms with Gasteiger partial charge < -0.3 is 15.4 Å². The highest BCUT2D eigenvalue weighted by atomic mass is 16.3. The van der Waals surface area contributed by atoms with Gasteiger partial charge in [0, 0.05) is 29.7 Å². The number of benzene rings is 1. The largest absolute Gasteiger partial charge is 0.508 e. The van der Waals surface area contributed by atoms with Gasteiger partial charge in [-0.25, -0.2) is 0 Å². The quantitative estimate of drug-likeness (QED) is 0.684. The Kier molecular flexibility index (Phi) is 1.62. The summed E-state index contributed by atoms with van der Waals surface area (Å²) in [7, 11) is 2.07. The van der Waals surface area contributed by atoms with Crippen molar-refractivity contribution in [2.45, 2.75) is 18.9 Å². The molecule has 1 unspecified atom stereocenters. The van der Waals surface area contributed by atoms with Gasteiger partial charge in [-0.3, -0.25) is 0 Å². The number of rotatable bonds is 0. The van der Waals surface area contributed by atoms with Crippen LogP contribution in [0, 0.1) is 0 Å². The number of aromatic nitrogens is 1. The average molecular weight is 202 g/mol. The molecule has 0 saturated carbocycles. The molecule has 1 aromatic carbocycles. The monoisotopic (exact) mass is 202 g/mol. The molecule has 3 nitrogen and oxygen atoms in total. The van der Waals surface area contributed by atoms with Crippen molar-refractivity contribution in [2.24, 2.45) is 12.8 Å². The molecule has 3 rings (SSSR count). The van der Waals surface area contributed by atoms with E-state index in [-0.39, 0.29) is 6.04 Å². The van der Waals surface area contributed by atoms with E-state index < -0.39 is 0 Å². The molecule has 0 bridgehead atoms. The molecule has 0 saturated heterocycles. The highest BCUT2D eigenvalue weighted by Gasteiger charge is 2.25. The lowest BCUT2D eigenvalue weighted by atomic mass is 10.1. The molecule has 2 aromatic rings. The van der Waals surface area contributed by atoms with E-state index in [1.807, 2.05) is 12.1 Å². The lowest BCUT2D eigenvalue weighted by Gasteiger charge is -2.03. The van der Waals surface area contributed by atoms with Crippen LogP contribution in [-0.2, 0) is 13.5 Å². The molecule has 3 N–H and O–H groups in total. The summed E-state index contributed by atoms with van der Waals surface area (Å²) in [6, 6.07) is 5.63. The molecule has 0 spiro atoms. The molecule has 0 radical (unpaired) electrons. The predicted molar refractivity (Wildman–Crippen MR) is 59.8 cm³/mol. The van der Waals surface area contributed by atoms with Gasteiger partial charge in [-0.05, 0) is 36.6 Å².